The number of aliphatic hydroxyl groups is 1. The van der Waals surface area contributed by atoms with Gasteiger partial charge in [-0.1, -0.05) is 46.6 Å². The van der Waals surface area contributed by atoms with E-state index in [0.29, 0.717) is 0 Å². The molecular weight excluding hydrogens is 160 g/mol. The molecule has 0 fully saturated rings. The first-order valence-corrected chi connectivity index (χ1v) is 5.29. The van der Waals surface area contributed by atoms with Crippen molar-refractivity contribution in [2.75, 3.05) is 0 Å². The summed E-state index contributed by atoms with van der Waals surface area (Å²) in [6.07, 6.45) is 5.64. The van der Waals surface area contributed by atoms with Gasteiger partial charge in [-0.05, 0) is 12.8 Å². The van der Waals surface area contributed by atoms with E-state index in [-0.39, 0.29) is 5.41 Å². The van der Waals surface area contributed by atoms with Gasteiger partial charge in [-0.15, -0.1) is 6.58 Å². The van der Waals surface area contributed by atoms with Crippen molar-refractivity contribution in [2.45, 2.75) is 59.0 Å². The molecule has 0 radical (unpaired) electrons. The second kappa shape index (κ2) is 4.80. The van der Waals surface area contributed by atoms with E-state index in [0.717, 1.165) is 25.7 Å². The van der Waals surface area contributed by atoms with Crippen LogP contribution in [0.15, 0.2) is 12.7 Å². The molecule has 0 spiro atoms. The molecule has 0 saturated carbocycles. The first kappa shape index (κ1) is 12.7. The molecule has 0 aliphatic rings. The highest BCUT2D eigenvalue weighted by molar-refractivity contribution is 5.02. The maximum absolute atomic E-state index is 10.5. The zero-order chi connectivity index (χ0) is 10.5. The zero-order valence-corrected chi connectivity index (χ0v) is 9.56. The number of hydrogen-bond donors (Lipinski definition) is 1. The van der Waals surface area contributed by atoms with E-state index in [2.05, 4.69) is 34.3 Å². The summed E-state index contributed by atoms with van der Waals surface area (Å²) >= 11 is 0. The molecule has 0 rings (SSSR count). The van der Waals surface area contributed by atoms with Crippen molar-refractivity contribution in [1.29, 1.82) is 0 Å². The Labute approximate surface area is 82.9 Å². The van der Waals surface area contributed by atoms with E-state index >= 15 is 0 Å². The minimum Gasteiger partial charge on any atom is -0.389 e. The highest BCUT2D eigenvalue weighted by atomic mass is 16.3. The fourth-order valence-electron chi connectivity index (χ4n) is 1.79. The van der Waals surface area contributed by atoms with Gasteiger partial charge in [0.1, 0.15) is 0 Å². The molecule has 78 valence electrons. The van der Waals surface area contributed by atoms with E-state index in [1.54, 1.807) is 0 Å². The summed E-state index contributed by atoms with van der Waals surface area (Å²) in [5.41, 5.74) is -0.753. The molecule has 0 aliphatic heterocycles. The average Bonchev–Trinajstić information content (AvgIpc) is 2.05. The topological polar surface area (TPSA) is 20.2 Å². The Bertz CT molecular complexity index is 153. The van der Waals surface area contributed by atoms with Gasteiger partial charge in [0, 0.05) is 5.41 Å². The zero-order valence-electron chi connectivity index (χ0n) is 9.56. The molecular formula is C12H24O. The highest BCUT2D eigenvalue weighted by Crippen LogP contribution is 2.39. The third-order valence-corrected chi connectivity index (χ3v) is 3.04. The van der Waals surface area contributed by atoms with Crippen LogP contribution in [0.4, 0.5) is 0 Å². The largest absolute Gasteiger partial charge is 0.389 e. The monoisotopic (exact) mass is 184 g/mol. The van der Waals surface area contributed by atoms with Crippen molar-refractivity contribution in [3.63, 3.8) is 0 Å². The van der Waals surface area contributed by atoms with Gasteiger partial charge in [-0.3, -0.25) is 0 Å². The van der Waals surface area contributed by atoms with E-state index in [1.807, 2.05) is 6.08 Å². The third kappa shape index (κ3) is 2.84. The summed E-state index contributed by atoms with van der Waals surface area (Å²) in [7, 11) is 0. The number of hydrogen-bond acceptors (Lipinski definition) is 1. The Hall–Kier alpha value is -0.300. The molecule has 1 N–H and O–H groups in total. The summed E-state index contributed by atoms with van der Waals surface area (Å²) in [6.45, 7) is 12.1. The van der Waals surface area contributed by atoms with Gasteiger partial charge in [-0.25, -0.2) is 0 Å². The second-order valence-corrected chi connectivity index (χ2v) is 4.46. The van der Waals surface area contributed by atoms with Crippen LogP contribution in [-0.2, 0) is 0 Å². The Balaban J connectivity index is 4.65. The summed E-state index contributed by atoms with van der Waals surface area (Å²) < 4.78 is 0. The molecule has 0 atom stereocenters. The molecule has 0 unspecified atom stereocenters. The summed E-state index contributed by atoms with van der Waals surface area (Å²) in [5.74, 6) is 0. The standard InChI is InChI=1S/C12H24O/c1-6-9-12(13,10-7-2)11(4,5)8-3/h8,13H,3,6-7,9-10H2,1-2,4-5H3. The fraction of sp³-hybridized carbons (Fsp3) is 0.833. The molecule has 1 nitrogen and oxygen atoms in total. The molecule has 0 aromatic heterocycles. The van der Waals surface area contributed by atoms with Gasteiger partial charge in [0.05, 0.1) is 5.60 Å². The maximum Gasteiger partial charge on any atom is 0.0732 e. The molecule has 0 aromatic carbocycles. The van der Waals surface area contributed by atoms with E-state index in [1.165, 1.54) is 0 Å². The minimum absolute atomic E-state index is 0.182. The van der Waals surface area contributed by atoms with Gasteiger partial charge in [0.2, 0.25) is 0 Å². The van der Waals surface area contributed by atoms with Gasteiger partial charge in [0.25, 0.3) is 0 Å². The van der Waals surface area contributed by atoms with Crippen molar-refractivity contribution < 1.29 is 5.11 Å². The van der Waals surface area contributed by atoms with Crippen LogP contribution in [0, 0.1) is 5.41 Å². The van der Waals surface area contributed by atoms with E-state index in [9.17, 15) is 5.11 Å². The normalized spacial score (nSPS) is 13.0. The molecule has 0 aliphatic carbocycles. The van der Waals surface area contributed by atoms with Crippen LogP contribution in [0.1, 0.15) is 53.4 Å². The lowest BCUT2D eigenvalue weighted by molar-refractivity contribution is -0.0574. The first-order valence-electron chi connectivity index (χ1n) is 5.29. The smallest absolute Gasteiger partial charge is 0.0732 e. The van der Waals surface area contributed by atoms with Crippen molar-refractivity contribution in [3.05, 3.63) is 12.7 Å². The minimum atomic E-state index is -0.571. The third-order valence-electron chi connectivity index (χ3n) is 3.04. The summed E-state index contributed by atoms with van der Waals surface area (Å²) in [6, 6.07) is 0. The van der Waals surface area contributed by atoms with Crippen molar-refractivity contribution in [3.8, 4) is 0 Å². The summed E-state index contributed by atoms with van der Waals surface area (Å²) in [4.78, 5) is 0. The SMILES string of the molecule is C=CC(C)(C)C(O)(CCC)CCC. The van der Waals surface area contributed by atoms with Crippen LogP contribution < -0.4 is 0 Å². The molecule has 0 aromatic rings. The predicted octanol–water partition coefficient (Wildman–Crippen LogP) is 3.53. The van der Waals surface area contributed by atoms with Crippen LogP contribution >= 0.6 is 0 Å². The van der Waals surface area contributed by atoms with E-state index < -0.39 is 5.60 Å². The Morgan fingerprint density at radius 1 is 1.15 bits per heavy atom. The van der Waals surface area contributed by atoms with Crippen molar-refractivity contribution in [1.82, 2.24) is 0 Å². The molecule has 0 bridgehead atoms. The maximum atomic E-state index is 10.5. The Morgan fingerprint density at radius 2 is 1.54 bits per heavy atom. The highest BCUT2D eigenvalue weighted by Gasteiger charge is 2.39. The fourth-order valence-corrected chi connectivity index (χ4v) is 1.79. The molecule has 0 heterocycles. The molecule has 13 heavy (non-hydrogen) atoms. The Morgan fingerprint density at radius 3 is 1.77 bits per heavy atom. The van der Waals surface area contributed by atoms with Crippen molar-refractivity contribution in [2.24, 2.45) is 5.41 Å². The lowest BCUT2D eigenvalue weighted by Gasteiger charge is -2.41. The van der Waals surface area contributed by atoms with Gasteiger partial charge >= 0.3 is 0 Å². The van der Waals surface area contributed by atoms with Crippen LogP contribution in [0.2, 0.25) is 0 Å². The van der Waals surface area contributed by atoms with Gasteiger partial charge in [0.15, 0.2) is 0 Å². The molecule has 0 amide bonds. The Kier molecular flexibility index (Phi) is 4.69. The lowest BCUT2D eigenvalue weighted by atomic mass is 9.70. The molecule has 1 heteroatoms. The number of rotatable bonds is 6. The predicted molar refractivity (Wildman–Crippen MR) is 58.7 cm³/mol. The average molecular weight is 184 g/mol. The summed E-state index contributed by atoms with van der Waals surface area (Å²) in [5, 5.41) is 10.5. The van der Waals surface area contributed by atoms with Crippen LogP contribution in [-0.4, -0.2) is 10.7 Å². The first-order chi connectivity index (χ1) is 5.93. The molecule has 0 saturated heterocycles. The van der Waals surface area contributed by atoms with Crippen LogP contribution in [0.3, 0.4) is 0 Å². The van der Waals surface area contributed by atoms with E-state index in [4.69, 9.17) is 0 Å². The second-order valence-electron chi connectivity index (χ2n) is 4.46. The van der Waals surface area contributed by atoms with Gasteiger partial charge < -0.3 is 5.11 Å². The van der Waals surface area contributed by atoms with Crippen LogP contribution in [0.25, 0.3) is 0 Å². The quantitative estimate of drug-likeness (QED) is 0.626. The lowest BCUT2D eigenvalue weighted by Crippen LogP contribution is -2.43. The van der Waals surface area contributed by atoms with Crippen LogP contribution in [0.5, 0.6) is 0 Å². The van der Waals surface area contributed by atoms with Gasteiger partial charge in [-0.2, -0.15) is 0 Å². The van der Waals surface area contributed by atoms with Crippen molar-refractivity contribution >= 4 is 0 Å².